The summed E-state index contributed by atoms with van der Waals surface area (Å²) in [5, 5.41) is 46.5. The summed E-state index contributed by atoms with van der Waals surface area (Å²) in [4.78, 5) is 10.2. The van der Waals surface area contributed by atoms with Gasteiger partial charge in [0, 0.05) is 0 Å². The monoisotopic (exact) mass is 384 g/mol. The molecule has 0 aromatic carbocycles. The van der Waals surface area contributed by atoms with Crippen molar-refractivity contribution >= 4 is 5.97 Å². The summed E-state index contributed by atoms with van der Waals surface area (Å²) >= 11 is 0. The fraction of sp³-hybridized carbons (Fsp3) is 0.933. The summed E-state index contributed by atoms with van der Waals surface area (Å²) in [6.07, 6.45) is -6.55. The molecular formula is C15H28O11. The highest BCUT2D eigenvalue weighted by molar-refractivity contribution is 5.66. The van der Waals surface area contributed by atoms with Crippen molar-refractivity contribution in [3.05, 3.63) is 0 Å². The molecule has 0 aromatic rings. The van der Waals surface area contributed by atoms with E-state index in [4.69, 9.17) is 33.9 Å². The summed E-state index contributed by atoms with van der Waals surface area (Å²) in [6.45, 7) is 1.13. The molecule has 26 heavy (non-hydrogen) atoms. The summed E-state index contributed by atoms with van der Waals surface area (Å²) in [5.74, 6) is -0.912. The Morgan fingerprint density at radius 1 is 0.808 bits per heavy atom. The zero-order valence-corrected chi connectivity index (χ0v) is 14.4. The van der Waals surface area contributed by atoms with E-state index in [-0.39, 0.29) is 26.2 Å². The zero-order valence-electron chi connectivity index (χ0n) is 14.4. The van der Waals surface area contributed by atoms with Gasteiger partial charge in [0.25, 0.3) is 0 Å². The number of ether oxygens (including phenoxy) is 5. The molecule has 1 fully saturated rings. The lowest BCUT2D eigenvalue weighted by atomic mass is 9.99. The van der Waals surface area contributed by atoms with Crippen LogP contribution in [0.3, 0.4) is 0 Å². The molecule has 1 aliphatic rings. The third kappa shape index (κ3) is 8.66. The van der Waals surface area contributed by atoms with Gasteiger partial charge >= 0.3 is 5.97 Å². The second kappa shape index (κ2) is 13.3. The molecule has 0 spiro atoms. The molecule has 0 aromatic heterocycles. The third-order valence-electron chi connectivity index (χ3n) is 3.56. The number of aliphatic carboxylic acids is 1. The van der Waals surface area contributed by atoms with Crippen molar-refractivity contribution in [3.63, 3.8) is 0 Å². The van der Waals surface area contributed by atoms with Crippen molar-refractivity contribution in [2.24, 2.45) is 0 Å². The minimum Gasteiger partial charge on any atom is -0.481 e. The topological polar surface area (TPSA) is 164 Å². The molecule has 1 saturated heterocycles. The van der Waals surface area contributed by atoms with Crippen LogP contribution in [0.4, 0.5) is 0 Å². The van der Waals surface area contributed by atoms with Crippen LogP contribution < -0.4 is 0 Å². The molecule has 154 valence electrons. The average Bonchev–Trinajstić information content (AvgIpc) is 2.62. The Kier molecular flexibility index (Phi) is 11.8. The van der Waals surface area contributed by atoms with Crippen molar-refractivity contribution in [2.45, 2.75) is 37.1 Å². The van der Waals surface area contributed by atoms with Crippen LogP contribution in [0.25, 0.3) is 0 Å². The fourth-order valence-electron chi connectivity index (χ4n) is 2.13. The Labute approximate surface area is 151 Å². The number of carboxylic acid groups (broad SMARTS) is 1. The van der Waals surface area contributed by atoms with Crippen LogP contribution in [0.15, 0.2) is 0 Å². The molecule has 5 atom stereocenters. The maximum Gasteiger partial charge on any atom is 0.305 e. The van der Waals surface area contributed by atoms with Gasteiger partial charge in [0.15, 0.2) is 6.29 Å². The van der Waals surface area contributed by atoms with Crippen molar-refractivity contribution < 1.29 is 54.0 Å². The van der Waals surface area contributed by atoms with Gasteiger partial charge in [0.1, 0.15) is 24.4 Å². The Morgan fingerprint density at radius 3 is 1.88 bits per heavy atom. The first kappa shape index (κ1) is 23.1. The Hall–Kier alpha value is -0.890. The minimum absolute atomic E-state index is 0.0441. The lowest BCUT2D eigenvalue weighted by Gasteiger charge is -2.39. The molecule has 0 saturated carbocycles. The highest BCUT2D eigenvalue weighted by atomic mass is 16.7. The molecule has 0 radical (unpaired) electrons. The van der Waals surface area contributed by atoms with Gasteiger partial charge in [0.05, 0.1) is 59.3 Å². The highest BCUT2D eigenvalue weighted by Gasteiger charge is 2.43. The number of rotatable bonds is 14. The van der Waals surface area contributed by atoms with Gasteiger partial charge in [-0.05, 0) is 0 Å². The molecule has 0 amide bonds. The first-order chi connectivity index (χ1) is 12.5. The maximum atomic E-state index is 10.2. The van der Waals surface area contributed by atoms with E-state index in [1.54, 1.807) is 0 Å². The van der Waals surface area contributed by atoms with Crippen LogP contribution in [0.1, 0.15) is 6.42 Å². The van der Waals surface area contributed by atoms with Gasteiger partial charge in [-0.25, -0.2) is 0 Å². The number of carboxylic acids is 1. The van der Waals surface area contributed by atoms with Gasteiger partial charge in [-0.2, -0.15) is 0 Å². The normalized spacial score (nSPS) is 29.0. The van der Waals surface area contributed by atoms with Crippen molar-refractivity contribution in [2.75, 3.05) is 52.9 Å². The van der Waals surface area contributed by atoms with Crippen molar-refractivity contribution in [3.8, 4) is 0 Å². The van der Waals surface area contributed by atoms with Gasteiger partial charge in [0.2, 0.25) is 0 Å². The summed E-state index contributed by atoms with van der Waals surface area (Å²) in [7, 11) is 0. The van der Waals surface area contributed by atoms with Crippen LogP contribution in [0.5, 0.6) is 0 Å². The molecule has 1 aliphatic heterocycles. The number of hydrogen-bond acceptors (Lipinski definition) is 10. The molecular weight excluding hydrogens is 356 g/mol. The summed E-state index contributed by atoms with van der Waals surface area (Å²) in [5.41, 5.74) is 0. The van der Waals surface area contributed by atoms with Crippen LogP contribution in [-0.4, -0.2) is 115 Å². The lowest BCUT2D eigenvalue weighted by Crippen LogP contribution is -2.59. The third-order valence-corrected chi connectivity index (χ3v) is 3.56. The first-order valence-electron chi connectivity index (χ1n) is 8.34. The Bertz CT molecular complexity index is 379. The lowest BCUT2D eigenvalue weighted by molar-refractivity contribution is -0.302. The van der Waals surface area contributed by atoms with Crippen molar-refractivity contribution in [1.82, 2.24) is 0 Å². The second-order valence-corrected chi connectivity index (χ2v) is 5.55. The summed E-state index contributed by atoms with van der Waals surface area (Å²) < 4.78 is 25.9. The van der Waals surface area contributed by atoms with E-state index in [2.05, 4.69) is 0 Å². The number of hydrogen-bond donors (Lipinski definition) is 5. The van der Waals surface area contributed by atoms with E-state index < -0.39 is 43.3 Å². The Balaban J connectivity index is 1.98. The zero-order chi connectivity index (χ0) is 19.4. The molecule has 11 nitrogen and oxygen atoms in total. The quantitative estimate of drug-likeness (QED) is 0.198. The number of aliphatic hydroxyl groups excluding tert-OH is 4. The first-order valence-corrected chi connectivity index (χ1v) is 8.34. The molecule has 11 heteroatoms. The molecule has 0 bridgehead atoms. The van der Waals surface area contributed by atoms with Crippen LogP contribution >= 0.6 is 0 Å². The predicted molar refractivity (Wildman–Crippen MR) is 84.4 cm³/mol. The number of carbonyl (C=O) groups is 1. The van der Waals surface area contributed by atoms with E-state index in [0.29, 0.717) is 26.4 Å². The van der Waals surface area contributed by atoms with Crippen LogP contribution in [0.2, 0.25) is 0 Å². The molecule has 0 aliphatic carbocycles. The molecule has 5 N–H and O–H groups in total. The molecule has 1 rings (SSSR count). The fourth-order valence-corrected chi connectivity index (χ4v) is 2.13. The van der Waals surface area contributed by atoms with Gasteiger partial charge < -0.3 is 49.2 Å². The largest absolute Gasteiger partial charge is 0.481 e. The van der Waals surface area contributed by atoms with Crippen LogP contribution in [-0.2, 0) is 28.5 Å². The van der Waals surface area contributed by atoms with E-state index in [1.807, 2.05) is 0 Å². The average molecular weight is 384 g/mol. The van der Waals surface area contributed by atoms with Gasteiger partial charge in [-0.1, -0.05) is 0 Å². The predicted octanol–water partition coefficient (Wildman–Crippen LogP) is -2.67. The van der Waals surface area contributed by atoms with E-state index in [9.17, 15) is 20.1 Å². The second-order valence-electron chi connectivity index (χ2n) is 5.55. The molecule has 1 heterocycles. The van der Waals surface area contributed by atoms with Crippen LogP contribution in [0, 0.1) is 0 Å². The number of aliphatic hydroxyl groups is 4. The van der Waals surface area contributed by atoms with E-state index in [0.717, 1.165) is 0 Å². The van der Waals surface area contributed by atoms with Gasteiger partial charge in [-0.15, -0.1) is 0 Å². The van der Waals surface area contributed by atoms with E-state index >= 15 is 0 Å². The van der Waals surface area contributed by atoms with E-state index in [1.165, 1.54) is 0 Å². The summed E-state index contributed by atoms with van der Waals surface area (Å²) in [6, 6.07) is 0. The Morgan fingerprint density at radius 2 is 1.35 bits per heavy atom. The SMILES string of the molecule is O=C(O)CCOCCOCCOCCO[C@H]1OC(CO)[C@@H](O)C(O)[C@H]1O. The van der Waals surface area contributed by atoms with Crippen molar-refractivity contribution in [1.29, 1.82) is 0 Å². The van der Waals surface area contributed by atoms with Gasteiger partial charge in [-0.3, -0.25) is 4.79 Å². The smallest absolute Gasteiger partial charge is 0.305 e. The maximum absolute atomic E-state index is 10.2. The standard InChI is InChI=1S/C15H28O11/c16-9-10-12(19)13(20)14(21)15(26-10)25-8-7-24-6-5-23-4-3-22-2-1-11(17)18/h10,12-16,19-21H,1-9H2,(H,17,18)/t10?,12-,13?,14-,15+/m1/s1. The minimum atomic E-state index is -1.47. The highest BCUT2D eigenvalue weighted by Crippen LogP contribution is 2.21. The molecule has 2 unspecified atom stereocenters.